The number of hydrogen-bond acceptors (Lipinski definition) is 0. The van der Waals surface area contributed by atoms with Crippen molar-refractivity contribution in [2.75, 3.05) is 0 Å². The Hall–Kier alpha value is 0. The van der Waals surface area contributed by atoms with E-state index in [4.69, 9.17) is 0 Å². The number of rotatable bonds is 1. The van der Waals surface area contributed by atoms with Gasteiger partial charge in [-0.15, -0.1) is 0 Å². The largest absolute Gasteiger partial charge is 0.0625 e. The molecule has 0 radical (unpaired) electrons. The molecule has 88 valence electrons. The van der Waals surface area contributed by atoms with E-state index in [1.807, 2.05) is 0 Å². The third-order valence-electron chi connectivity index (χ3n) is 5.48. The molecule has 5 atom stereocenters. The summed E-state index contributed by atoms with van der Waals surface area (Å²) in [6.07, 6.45) is 7.56. The zero-order valence-electron chi connectivity index (χ0n) is 11.0. The van der Waals surface area contributed by atoms with Crippen molar-refractivity contribution in [3.63, 3.8) is 0 Å². The average Bonchev–Trinajstić information content (AvgIpc) is 2.43. The Balaban J connectivity index is 2.09. The van der Waals surface area contributed by atoms with Gasteiger partial charge in [0.25, 0.3) is 0 Å². The van der Waals surface area contributed by atoms with E-state index in [1.165, 1.54) is 32.1 Å². The minimum atomic E-state index is 0.906. The molecule has 0 amide bonds. The van der Waals surface area contributed by atoms with Gasteiger partial charge in [0.15, 0.2) is 0 Å². The average molecular weight is 208 g/mol. The van der Waals surface area contributed by atoms with E-state index in [2.05, 4.69) is 27.7 Å². The van der Waals surface area contributed by atoms with E-state index in [-0.39, 0.29) is 0 Å². The Kier molecular flexibility index (Phi) is 3.42. The molecule has 0 aromatic carbocycles. The highest BCUT2D eigenvalue weighted by molar-refractivity contribution is 4.90. The molecule has 2 aliphatic carbocycles. The van der Waals surface area contributed by atoms with E-state index in [1.54, 1.807) is 0 Å². The van der Waals surface area contributed by atoms with Gasteiger partial charge in [-0.25, -0.2) is 0 Å². The van der Waals surface area contributed by atoms with Crippen molar-refractivity contribution in [2.24, 2.45) is 35.5 Å². The second-order valence-corrected chi connectivity index (χ2v) is 6.68. The summed E-state index contributed by atoms with van der Waals surface area (Å²) in [4.78, 5) is 0. The third-order valence-corrected chi connectivity index (χ3v) is 5.48. The van der Waals surface area contributed by atoms with Crippen LogP contribution >= 0.6 is 0 Å². The van der Waals surface area contributed by atoms with Crippen LogP contribution in [-0.2, 0) is 0 Å². The van der Waals surface area contributed by atoms with Crippen LogP contribution in [0.2, 0.25) is 0 Å². The van der Waals surface area contributed by atoms with Crippen LogP contribution in [-0.4, -0.2) is 0 Å². The molecule has 0 heterocycles. The van der Waals surface area contributed by atoms with Crippen LogP contribution in [0.1, 0.15) is 59.8 Å². The maximum atomic E-state index is 2.51. The van der Waals surface area contributed by atoms with E-state index < -0.39 is 0 Å². The topological polar surface area (TPSA) is 0 Å². The zero-order valence-corrected chi connectivity index (χ0v) is 11.0. The van der Waals surface area contributed by atoms with Gasteiger partial charge in [-0.2, -0.15) is 0 Å². The summed E-state index contributed by atoms with van der Waals surface area (Å²) in [5.41, 5.74) is 0. The molecule has 2 fully saturated rings. The Morgan fingerprint density at radius 1 is 0.800 bits per heavy atom. The van der Waals surface area contributed by atoms with Crippen LogP contribution < -0.4 is 0 Å². The molecular weight excluding hydrogens is 180 g/mol. The lowest BCUT2D eigenvalue weighted by Gasteiger charge is -2.27. The Morgan fingerprint density at radius 2 is 1.40 bits per heavy atom. The van der Waals surface area contributed by atoms with Crippen molar-refractivity contribution in [1.29, 1.82) is 0 Å². The molecule has 0 saturated heterocycles. The second kappa shape index (κ2) is 4.47. The molecule has 0 nitrogen and oxygen atoms in total. The summed E-state index contributed by atoms with van der Waals surface area (Å²) in [5, 5.41) is 0. The molecular formula is C15H28. The summed E-state index contributed by atoms with van der Waals surface area (Å²) in [7, 11) is 0. The second-order valence-electron chi connectivity index (χ2n) is 6.68. The third kappa shape index (κ3) is 2.24. The summed E-state index contributed by atoms with van der Waals surface area (Å²) < 4.78 is 0. The minimum Gasteiger partial charge on any atom is -0.0625 e. The standard InChI is InChI=1S/C15H28/c1-10(2)13-7-5-11(3)14-8-6-12(4)15(14)9-13/h10-15H,5-9H2,1-4H3/t11-,12-,13+,14-,15-/m1/s1. The molecule has 0 spiro atoms. The van der Waals surface area contributed by atoms with Gasteiger partial charge in [0, 0.05) is 0 Å². The molecule has 0 unspecified atom stereocenters. The monoisotopic (exact) mass is 208 g/mol. The smallest absolute Gasteiger partial charge is 0.0355 e. The summed E-state index contributed by atoms with van der Waals surface area (Å²) in [6, 6.07) is 0. The van der Waals surface area contributed by atoms with Crippen molar-refractivity contribution in [2.45, 2.75) is 59.8 Å². The molecule has 2 aliphatic rings. The molecule has 0 aromatic rings. The fourth-order valence-electron chi connectivity index (χ4n) is 4.18. The lowest BCUT2D eigenvalue weighted by Crippen LogP contribution is -2.19. The summed E-state index contributed by atoms with van der Waals surface area (Å²) >= 11 is 0. The van der Waals surface area contributed by atoms with E-state index in [0.717, 1.165) is 35.5 Å². The first kappa shape index (κ1) is 11.5. The predicted molar refractivity (Wildman–Crippen MR) is 66.7 cm³/mol. The SMILES string of the molecule is CC(C)[C@H]1CC[C@@H](C)[C@H]2CC[C@@H](C)[C@H]2C1. The Bertz CT molecular complexity index is 206. The predicted octanol–water partition coefficient (Wildman–Crippen LogP) is 4.74. The number of fused-ring (bicyclic) bond motifs is 1. The molecule has 0 bridgehead atoms. The van der Waals surface area contributed by atoms with Crippen LogP contribution in [0.4, 0.5) is 0 Å². The minimum absolute atomic E-state index is 0.906. The maximum Gasteiger partial charge on any atom is -0.0355 e. The van der Waals surface area contributed by atoms with Crippen LogP contribution in [0.25, 0.3) is 0 Å². The van der Waals surface area contributed by atoms with E-state index in [0.29, 0.717) is 0 Å². The first-order valence-corrected chi connectivity index (χ1v) is 7.09. The van der Waals surface area contributed by atoms with Gasteiger partial charge in [-0.1, -0.05) is 40.5 Å². The Morgan fingerprint density at radius 3 is 2.07 bits per heavy atom. The first-order chi connectivity index (χ1) is 7.09. The molecule has 0 heteroatoms. The van der Waals surface area contributed by atoms with Gasteiger partial charge >= 0.3 is 0 Å². The highest BCUT2D eigenvalue weighted by Gasteiger charge is 2.40. The molecule has 2 rings (SSSR count). The van der Waals surface area contributed by atoms with Crippen LogP contribution in [0, 0.1) is 35.5 Å². The zero-order chi connectivity index (χ0) is 11.0. The van der Waals surface area contributed by atoms with Crippen molar-refractivity contribution in [3.05, 3.63) is 0 Å². The normalized spacial score (nSPS) is 46.6. The van der Waals surface area contributed by atoms with Crippen molar-refractivity contribution in [3.8, 4) is 0 Å². The maximum absolute atomic E-state index is 2.51. The molecule has 0 aromatic heterocycles. The van der Waals surface area contributed by atoms with E-state index in [9.17, 15) is 0 Å². The van der Waals surface area contributed by atoms with Crippen LogP contribution in [0.15, 0.2) is 0 Å². The summed E-state index contributed by atoms with van der Waals surface area (Å²) in [6.45, 7) is 9.86. The van der Waals surface area contributed by atoms with Gasteiger partial charge in [0.05, 0.1) is 0 Å². The first-order valence-electron chi connectivity index (χ1n) is 7.09. The Labute approximate surface area is 95.8 Å². The van der Waals surface area contributed by atoms with Gasteiger partial charge < -0.3 is 0 Å². The van der Waals surface area contributed by atoms with Gasteiger partial charge in [-0.3, -0.25) is 0 Å². The van der Waals surface area contributed by atoms with Gasteiger partial charge in [-0.05, 0) is 54.8 Å². The lowest BCUT2D eigenvalue weighted by molar-refractivity contribution is 0.223. The van der Waals surface area contributed by atoms with Crippen molar-refractivity contribution >= 4 is 0 Å². The van der Waals surface area contributed by atoms with Crippen LogP contribution in [0.3, 0.4) is 0 Å². The fraction of sp³-hybridized carbons (Fsp3) is 1.00. The fourth-order valence-corrected chi connectivity index (χ4v) is 4.18. The van der Waals surface area contributed by atoms with Crippen molar-refractivity contribution in [1.82, 2.24) is 0 Å². The molecule has 0 N–H and O–H groups in total. The van der Waals surface area contributed by atoms with Crippen LogP contribution in [0.5, 0.6) is 0 Å². The van der Waals surface area contributed by atoms with E-state index >= 15 is 0 Å². The highest BCUT2D eigenvalue weighted by Crippen LogP contribution is 2.49. The van der Waals surface area contributed by atoms with Crippen molar-refractivity contribution < 1.29 is 0 Å². The molecule has 0 aliphatic heterocycles. The molecule has 2 saturated carbocycles. The quantitative estimate of drug-likeness (QED) is 0.584. The van der Waals surface area contributed by atoms with Gasteiger partial charge in [0.1, 0.15) is 0 Å². The highest BCUT2D eigenvalue weighted by atomic mass is 14.4. The number of hydrogen-bond donors (Lipinski definition) is 0. The summed E-state index contributed by atoms with van der Waals surface area (Å²) in [5.74, 6) is 6.07. The van der Waals surface area contributed by atoms with Gasteiger partial charge in [0.2, 0.25) is 0 Å². The lowest BCUT2D eigenvalue weighted by atomic mass is 9.78. The molecule has 15 heavy (non-hydrogen) atoms.